The Morgan fingerprint density at radius 1 is 0.380 bits per heavy atom. The van der Waals surface area contributed by atoms with Gasteiger partial charge in [-0.3, -0.25) is 19.9 Å². The molecule has 7 rings (SSSR count). The second kappa shape index (κ2) is 13.2. The lowest BCUT2D eigenvalue weighted by Crippen LogP contribution is -2.16. The number of rotatable bonds is 6. The van der Waals surface area contributed by atoms with Crippen molar-refractivity contribution in [1.82, 2.24) is 29.9 Å². The molecule has 0 fully saturated rings. The average molecular weight is 653 g/mol. The molecule has 0 bridgehead atoms. The highest BCUT2D eigenvalue weighted by Gasteiger charge is 2.21. The number of aromatic nitrogens is 6. The minimum Gasteiger partial charge on any atom is -0.261 e. The van der Waals surface area contributed by atoms with E-state index in [9.17, 15) is 0 Å². The Balaban J connectivity index is 1.38. The van der Waals surface area contributed by atoms with E-state index in [4.69, 9.17) is 9.97 Å². The SMILES string of the molecule is CC(C)(C)c1cc(-c2cccc(-c3nc(-c4cccc(-c5cnccn5)c4)cc(-c4cccc(-c5cnccn5)c4)n3)c2)cc(C(C)(C)C)c1. The minimum atomic E-state index is 0.0136. The molecule has 7 aromatic rings. The molecule has 0 aliphatic heterocycles. The van der Waals surface area contributed by atoms with E-state index in [0.29, 0.717) is 5.82 Å². The molecule has 246 valence electrons. The van der Waals surface area contributed by atoms with Crippen LogP contribution in [0.25, 0.3) is 67.5 Å². The summed E-state index contributed by atoms with van der Waals surface area (Å²) in [5.41, 5.74) is 13.0. The number of hydrogen-bond donors (Lipinski definition) is 0. The Labute approximate surface area is 294 Å². The van der Waals surface area contributed by atoms with Gasteiger partial charge in [0.15, 0.2) is 5.82 Å². The monoisotopic (exact) mass is 652 g/mol. The molecule has 6 heteroatoms. The first-order valence-electron chi connectivity index (χ1n) is 16.9. The van der Waals surface area contributed by atoms with Crippen molar-refractivity contribution in [2.75, 3.05) is 0 Å². The van der Waals surface area contributed by atoms with Crippen LogP contribution in [0.2, 0.25) is 0 Å². The summed E-state index contributed by atoms with van der Waals surface area (Å²) < 4.78 is 0. The van der Waals surface area contributed by atoms with Crippen LogP contribution in [0.5, 0.6) is 0 Å². The van der Waals surface area contributed by atoms with Gasteiger partial charge >= 0.3 is 0 Å². The maximum absolute atomic E-state index is 5.19. The van der Waals surface area contributed by atoms with Crippen LogP contribution < -0.4 is 0 Å². The summed E-state index contributed by atoms with van der Waals surface area (Å²) in [6, 6.07) is 34.2. The van der Waals surface area contributed by atoms with E-state index in [1.807, 2.05) is 24.3 Å². The van der Waals surface area contributed by atoms with Crippen LogP contribution >= 0.6 is 0 Å². The normalized spacial score (nSPS) is 11.8. The average Bonchev–Trinajstić information content (AvgIpc) is 3.14. The third-order valence-corrected chi connectivity index (χ3v) is 8.88. The Hall–Kier alpha value is -5.88. The summed E-state index contributed by atoms with van der Waals surface area (Å²) >= 11 is 0. The van der Waals surface area contributed by atoms with Crippen LogP contribution in [0.15, 0.2) is 134 Å². The Morgan fingerprint density at radius 3 is 1.24 bits per heavy atom. The van der Waals surface area contributed by atoms with Gasteiger partial charge in [-0.25, -0.2) is 9.97 Å². The van der Waals surface area contributed by atoms with Gasteiger partial charge in [0.1, 0.15) is 0 Å². The molecule has 50 heavy (non-hydrogen) atoms. The predicted molar refractivity (Wildman–Crippen MR) is 203 cm³/mol. The number of hydrogen-bond acceptors (Lipinski definition) is 6. The first-order valence-corrected chi connectivity index (χ1v) is 16.9. The molecule has 6 nitrogen and oxygen atoms in total. The molecule has 0 aliphatic rings. The molecule has 0 amide bonds. The van der Waals surface area contributed by atoms with E-state index < -0.39 is 0 Å². The van der Waals surface area contributed by atoms with Crippen molar-refractivity contribution in [3.05, 3.63) is 145 Å². The van der Waals surface area contributed by atoms with Crippen molar-refractivity contribution in [3.63, 3.8) is 0 Å². The van der Waals surface area contributed by atoms with Crippen LogP contribution in [0.3, 0.4) is 0 Å². The lowest BCUT2D eigenvalue weighted by atomic mass is 9.79. The molecular weight excluding hydrogens is 613 g/mol. The van der Waals surface area contributed by atoms with Gasteiger partial charge < -0.3 is 0 Å². The number of nitrogens with zero attached hydrogens (tertiary/aromatic N) is 6. The second-order valence-electron chi connectivity index (χ2n) is 14.7. The van der Waals surface area contributed by atoms with E-state index in [1.54, 1.807) is 37.2 Å². The Bertz CT molecular complexity index is 2150. The highest BCUT2D eigenvalue weighted by Crippen LogP contribution is 2.36. The molecule has 0 radical (unpaired) electrons. The summed E-state index contributed by atoms with van der Waals surface area (Å²) in [6.07, 6.45) is 10.3. The summed E-state index contributed by atoms with van der Waals surface area (Å²) in [7, 11) is 0. The van der Waals surface area contributed by atoms with E-state index >= 15 is 0 Å². The zero-order valence-corrected chi connectivity index (χ0v) is 29.4. The fraction of sp³-hybridized carbons (Fsp3) is 0.182. The Morgan fingerprint density at radius 2 is 0.800 bits per heavy atom. The Kier molecular flexibility index (Phi) is 8.62. The van der Waals surface area contributed by atoms with Gasteiger partial charge in [0, 0.05) is 52.6 Å². The van der Waals surface area contributed by atoms with Gasteiger partial charge in [-0.15, -0.1) is 0 Å². The summed E-state index contributed by atoms with van der Waals surface area (Å²) in [5.74, 6) is 0.650. The lowest BCUT2D eigenvalue weighted by molar-refractivity contribution is 0.569. The quantitative estimate of drug-likeness (QED) is 0.178. The molecular formula is C44H40N6. The highest BCUT2D eigenvalue weighted by atomic mass is 14.9. The zero-order valence-electron chi connectivity index (χ0n) is 29.4. The second-order valence-corrected chi connectivity index (χ2v) is 14.7. The number of benzene rings is 4. The van der Waals surface area contributed by atoms with Crippen LogP contribution in [-0.4, -0.2) is 29.9 Å². The molecule has 0 atom stereocenters. The molecule has 4 aromatic carbocycles. The van der Waals surface area contributed by atoms with Crippen molar-refractivity contribution in [2.24, 2.45) is 0 Å². The fourth-order valence-electron chi connectivity index (χ4n) is 5.94. The summed E-state index contributed by atoms with van der Waals surface area (Å²) in [5, 5.41) is 0. The molecule has 0 saturated heterocycles. The highest BCUT2D eigenvalue weighted by molar-refractivity contribution is 5.78. The van der Waals surface area contributed by atoms with Gasteiger partial charge in [-0.05, 0) is 57.3 Å². The van der Waals surface area contributed by atoms with Gasteiger partial charge in [-0.2, -0.15) is 0 Å². The first kappa shape index (κ1) is 32.7. The van der Waals surface area contributed by atoms with E-state index in [-0.39, 0.29) is 10.8 Å². The molecule has 3 aromatic heterocycles. The lowest BCUT2D eigenvalue weighted by Gasteiger charge is -2.26. The van der Waals surface area contributed by atoms with Crippen LogP contribution in [0.4, 0.5) is 0 Å². The van der Waals surface area contributed by atoms with Crippen molar-refractivity contribution in [1.29, 1.82) is 0 Å². The van der Waals surface area contributed by atoms with Crippen LogP contribution in [-0.2, 0) is 10.8 Å². The zero-order chi connectivity index (χ0) is 34.9. The van der Waals surface area contributed by atoms with Gasteiger partial charge in [0.05, 0.1) is 35.2 Å². The van der Waals surface area contributed by atoms with E-state index in [2.05, 4.69) is 134 Å². The smallest absolute Gasteiger partial charge is 0.160 e. The van der Waals surface area contributed by atoms with Gasteiger partial charge in [0.25, 0.3) is 0 Å². The van der Waals surface area contributed by atoms with Crippen molar-refractivity contribution < 1.29 is 0 Å². The molecule has 0 saturated carbocycles. The maximum Gasteiger partial charge on any atom is 0.160 e. The minimum absolute atomic E-state index is 0.0136. The molecule has 0 spiro atoms. The summed E-state index contributed by atoms with van der Waals surface area (Å²) in [4.78, 5) is 28.0. The maximum atomic E-state index is 5.19. The molecule has 3 heterocycles. The van der Waals surface area contributed by atoms with Crippen molar-refractivity contribution >= 4 is 0 Å². The standard InChI is InChI=1S/C44H40N6/c1-43(2,3)36-23-35(24-37(25-36)44(4,5)6)29-10-7-15-34(20-29)42-49-38(30-11-8-13-32(21-30)40-27-45-16-18-47-40)26-39(50-42)31-12-9-14-33(22-31)41-28-46-17-19-48-41/h7-28H,1-6H3. The molecule has 0 N–H and O–H groups in total. The topological polar surface area (TPSA) is 77.3 Å². The van der Waals surface area contributed by atoms with Crippen LogP contribution in [0.1, 0.15) is 52.7 Å². The van der Waals surface area contributed by atoms with Crippen LogP contribution in [0, 0.1) is 0 Å². The van der Waals surface area contributed by atoms with Gasteiger partial charge in [-0.1, -0.05) is 114 Å². The molecule has 0 aliphatic carbocycles. The van der Waals surface area contributed by atoms with E-state index in [1.165, 1.54) is 16.7 Å². The van der Waals surface area contributed by atoms with Crippen molar-refractivity contribution in [2.45, 2.75) is 52.4 Å². The largest absolute Gasteiger partial charge is 0.261 e. The van der Waals surface area contributed by atoms with E-state index in [0.717, 1.165) is 56.2 Å². The third kappa shape index (κ3) is 7.10. The molecule has 0 unspecified atom stereocenters. The fourth-order valence-corrected chi connectivity index (χ4v) is 5.94. The third-order valence-electron chi connectivity index (χ3n) is 8.88. The first-order chi connectivity index (χ1) is 24.0. The van der Waals surface area contributed by atoms with Gasteiger partial charge in [0.2, 0.25) is 0 Å². The predicted octanol–water partition coefficient (Wildman–Crippen LogP) is 10.7. The van der Waals surface area contributed by atoms with Crippen molar-refractivity contribution in [3.8, 4) is 67.5 Å². The summed E-state index contributed by atoms with van der Waals surface area (Å²) in [6.45, 7) is 13.6.